The van der Waals surface area contributed by atoms with Crippen LogP contribution in [0, 0.1) is 12.7 Å². The van der Waals surface area contributed by atoms with E-state index < -0.39 is 5.82 Å². The molecule has 3 heterocycles. The van der Waals surface area contributed by atoms with Crippen LogP contribution in [0.2, 0.25) is 0 Å². The van der Waals surface area contributed by atoms with Gasteiger partial charge in [-0.1, -0.05) is 12.1 Å². The first-order valence-electron chi connectivity index (χ1n) is 8.58. The molecular formula is C20H18FN5OS. The fourth-order valence-corrected chi connectivity index (χ4v) is 3.92. The van der Waals surface area contributed by atoms with E-state index in [4.69, 9.17) is 10.5 Å². The molecular weight excluding hydrogens is 377 g/mol. The van der Waals surface area contributed by atoms with Gasteiger partial charge in [-0.25, -0.2) is 14.4 Å². The molecule has 0 aliphatic carbocycles. The smallest absolute Gasteiger partial charge is 0.138 e. The van der Waals surface area contributed by atoms with E-state index >= 15 is 0 Å². The summed E-state index contributed by atoms with van der Waals surface area (Å²) in [7, 11) is 1.64. The SMILES string of the molecule is COc1ccc(Cn2cc(-c3nc(-c4c(F)ccnc4N)sc3C)cn2)cc1. The highest BCUT2D eigenvalue weighted by molar-refractivity contribution is 7.15. The molecule has 6 nitrogen and oxygen atoms in total. The first-order valence-corrected chi connectivity index (χ1v) is 9.40. The molecule has 0 aliphatic rings. The van der Waals surface area contributed by atoms with Crippen molar-refractivity contribution in [1.82, 2.24) is 19.7 Å². The maximum Gasteiger partial charge on any atom is 0.138 e. The average molecular weight is 395 g/mol. The molecule has 8 heteroatoms. The van der Waals surface area contributed by atoms with E-state index in [1.807, 2.05) is 42.1 Å². The quantitative estimate of drug-likeness (QED) is 0.549. The lowest BCUT2D eigenvalue weighted by atomic mass is 10.2. The molecule has 0 bridgehead atoms. The molecule has 0 saturated carbocycles. The second kappa shape index (κ2) is 7.40. The fraction of sp³-hybridized carbons (Fsp3) is 0.150. The number of aromatic nitrogens is 4. The van der Waals surface area contributed by atoms with Gasteiger partial charge in [-0.3, -0.25) is 4.68 Å². The number of methoxy groups -OCH3 is 1. The summed E-state index contributed by atoms with van der Waals surface area (Å²) in [5.74, 6) is 0.524. The minimum absolute atomic E-state index is 0.135. The molecule has 0 unspecified atom stereocenters. The summed E-state index contributed by atoms with van der Waals surface area (Å²) < 4.78 is 21.2. The van der Waals surface area contributed by atoms with Crippen LogP contribution in [0.15, 0.2) is 48.9 Å². The van der Waals surface area contributed by atoms with Gasteiger partial charge in [-0.2, -0.15) is 5.10 Å². The molecule has 3 aromatic heterocycles. The Balaban J connectivity index is 1.61. The Morgan fingerprint density at radius 2 is 2.00 bits per heavy atom. The molecule has 0 radical (unpaired) electrons. The maximum absolute atomic E-state index is 14.2. The zero-order chi connectivity index (χ0) is 19.7. The van der Waals surface area contributed by atoms with E-state index in [1.165, 1.54) is 23.6 Å². The summed E-state index contributed by atoms with van der Waals surface area (Å²) in [6.45, 7) is 2.58. The van der Waals surface area contributed by atoms with Gasteiger partial charge in [0, 0.05) is 22.8 Å². The number of ether oxygens (including phenoxy) is 1. The standard InChI is InChI=1S/C20H18FN5OS/c1-12-18(25-20(28-12)17-16(21)7-8-23-19(17)22)14-9-24-26(11-14)10-13-3-5-15(27-2)6-4-13/h3-9,11H,10H2,1-2H3,(H2,22,23). The lowest BCUT2D eigenvalue weighted by molar-refractivity contribution is 0.414. The van der Waals surface area contributed by atoms with Crippen molar-refractivity contribution in [3.8, 4) is 27.6 Å². The number of thiazole rings is 1. The number of nitrogens with two attached hydrogens (primary N) is 1. The van der Waals surface area contributed by atoms with Gasteiger partial charge in [0.1, 0.15) is 22.4 Å². The lowest BCUT2D eigenvalue weighted by Gasteiger charge is -2.03. The van der Waals surface area contributed by atoms with Crippen molar-refractivity contribution in [3.63, 3.8) is 0 Å². The summed E-state index contributed by atoms with van der Waals surface area (Å²) in [4.78, 5) is 9.53. The third kappa shape index (κ3) is 3.46. The molecule has 0 fully saturated rings. The van der Waals surface area contributed by atoms with E-state index in [2.05, 4.69) is 15.1 Å². The van der Waals surface area contributed by atoms with Crippen molar-refractivity contribution in [1.29, 1.82) is 0 Å². The van der Waals surface area contributed by atoms with Crippen molar-refractivity contribution in [2.75, 3.05) is 12.8 Å². The van der Waals surface area contributed by atoms with Crippen molar-refractivity contribution < 1.29 is 9.13 Å². The first-order chi connectivity index (χ1) is 13.5. The molecule has 28 heavy (non-hydrogen) atoms. The molecule has 0 spiro atoms. The molecule has 1 aromatic carbocycles. The molecule has 0 atom stereocenters. The van der Waals surface area contributed by atoms with Crippen LogP contribution in [0.5, 0.6) is 5.75 Å². The van der Waals surface area contributed by atoms with Gasteiger partial charge in [-0.15, -0.1) is 11.3 Å². The summed E-state index contributed by atoms with van der Waals surface area (Å²) >= 11 is 1.39. The molecule has 0 amide bonds. The van der Waals surface area contributed by atoms with E-state index in [9.17, 15) is 4.39 Å². The fourth-order valence-electron chi connectivity index (χ4n) is 2.93. The average Bonchev–Trinajstić information content (AvgIpc) is 3.29. The van der Waals surface area contributed by atoms with Gasteiger partial charge in [0.25, 0.3) is 0 Å². The Kier molecular flexibility index (Phi) is 4.79. The van der Waals surface area contributed by atoms with Crippen molar-refractivity contribution in [2.24, 2.45) is 0 Å². The predicted molar refractivity (Wildman–Crippen MR) is 108 cm³/mol. The van der Waals surface area contributed by atoms with Gasteiger partial charge in [0.05, 0.1) is 31.1 Å². The number of aryl methyl sites for hydroxylation is 1. The summed E-state index contributed by atoms with van der Waals surface area (Å²) in [5.41, 5.74) is 8.84. The second-order valence-electron chi connectivity index (χ2n) is 6.25. The van der Waals surface area contributed by atoms with Crippen LogP contribution in [0.25, 0.3) is 21.8 Å². The number of benzene rings is 1. The topological polar surface area (TPSA) is 78.8 Å². The Hall–Kier alpha value is -3.26. The monoisotopic (exact) mass is 395 g/mol. The lowest BCUT2D eigenvalue weighted by Crippen LogP contribution is -1.99. The second-order valence-corrected chi connectivity index (χ2v) is 7.45. The summed E-state index contributed by atoms with van der Waals surface area (Å²) in [5, 5.41) is 4.94. The van der Waals surface area contributed by atoms with Crippen LogP contribution in [-0.4, -0.2) is 26.9 Å². The molecule has 0 aliphatic heterocycles. The van der Waals surface area contributed by atoms with Gasteiger partial charge < -0.3 is 10.5 Å². The highest BCUT2D eigenvalue weighted by atomic mass is 32.1. The van der Waals surface area contributed by atoms with Gasteiger partial charge in [0.15, 0.2) is 0 Å². The van der Waals surface area contributed by atoms with Crippen LogP contribution in [0.4, 0.5) is 10.2 Å². The summed E-state index contributed by atoms with van der Waals surface area (Å²) in [6, 6.07) is 9.13. The number of nitrogens with zero attached hydrogens (tertiary/aromatic N) is 4. The highest BCUT2D eigenvalue weighted by Crippen LogP contribution is 2.36. The number of pyridine rings is 1. The number of nitrogen functional groups attached to an aromatic ring is 1. The normalized spacial score (nSPS) is 11.0. The number of rotatable bonds is 5. The zero-order valence-corrected chi connectivity index (χ0v) is 16.2. The number of hydrogen-bond donors (Lipinski definition) is 1. The summed E-state index contributed by atoms with van der Waals surface area (Å²) in [6.07, 6.45) is 5.04. The van der Waals surface area contributed by atoms with Gasteiger partial charge in [-0.05, 0) is 30.7 Å². The number of anilines is 1. The van der Waals surface area contributed by atoms with Crippen molar-refractivity contribution >= 4 is 17.2 Å². The Bertz CT molecular complexity index is 1100. The van der Waals surface area contributed by atoms with Crippen molar-refractivity contribution in [3.05, 3.63) is 65.2 Å². The van der Waals surface area contributed by atoms with Crippen molar-refractivity contribution in [2.45, 2.75) is 13.5 Å². The number of hydrogen-bond acceptors (Lipinski definition) is 6. The van der Waals surface area contributed by atoms with E-state index in [0.29, 0.717) is 11.6 Å². The molecule has 2 N–H and O–H groups in total. The Morgan fingerprint density at radius 3 is 2.71 bits per heavy atom. The zero-order valence-electron chi connectivity index (χ0n) is 15.4. The third-order valence-electron chi connectivity index (χ3n) is 4.35. The Labute approximate surface area is 165 Å². The molecule has 142 valence electrons. The maximum atomic E-state index is 14.2. The van der Waals surface area contributed by atoms with Crippen LogP contribution in [0.3, 0.4) is 0 Å². The first kappa shape index (κ1) is 18.1. The molecule has 0 saturated heterocycles. The minimum Gasteiger partial charge on any atom is -0.497 e. The highest BCUT2D eigenvalue weighted by Gasteiger charge is 2.18. The molecule has 4 aromatic rings. The Morgan fingerprint density at radius 1 is 1.21 bits per heavy atom. The van der Waals surface area contributed by atoms with E-state index in [-0.39, 0.29) is 11.4 Å². The van der Waals surface area contributed by atoms with Gasteiger partial charge >= 0.3 is 0 Å². The van der Waals surface area contributed by atoms with E-state index in [0.717, 1.165) is 27.4 Å². The third-order valence-corrected chi connectivity index (χ3v) is 5.34. The van der Waals surface area contributed by atoms with Crippen LogP contribution < -0.4 is 10.5 Å². The van der Waals surface area contributed by atoms with Crippen LogP contribution in [-0.2, 0) is 6.54 Å². The van der Waals surface area contributed by atoms with E-state index in [1.54, 1.807) is 13.3 Å². The number of halogens is 1. The molecule has 4 rings (SSSR count). The van der Waals surface area contributed by atoms with Gasteiger partial charge in [0.2, 0.25) is 0 Å². The van der Waals surface area contributed by atoms with Crippen LogP contribution in [0.1, 0.15) is 10.4 Å². The minimum atomic E-state index is -0.428. The largest absolute Gasteiger partial charge is 0.497 e. The predicted octanol–water partition coefficient (Wildman–Crippen LogP) is 4.16. The van der Waals surface area contributed by atoms with Crippen LogP contribution >= 0.6 is 11.3 Å².